The smallest absolute Gasteiger partial charge is 0.408 e. The summed E-state index contributed by atoms with van der Waals surface area (Å²) < 4.78 is 6.81. The number of benzene rings is 2. The molecule has 3 aromatic rings. The number of rotatable bonds is 3. The molecule has 1 aliphatic rings. The van der Waals surface area contributed by atoms with Gasteiger partial charge in [0.1, 0.15) is 0 Å². The number of para-hydroxylation sites is 2. The summed E-state index contributed by atoms with van der Waals surface area (Å²) in [7, 11) is 0. The number of nitrogens with two attached hydrogens (primary N) is 1. The molecule has 2 heterocycles. The van der Waals surface area contributed by atoms with Gasteiger partial charge in [0.2, 0.25) is 5.91 Å². The number of amides is 1. The van der Waals surface area contributed by atoms with Crippen molar-refractivity contribution < 1.29 is 9.21 Å². The molecule has 24 heavy (non-hydrogen) atoms. The maximum Gasteiger partial charge on any atom is 0.421 e. The van der Waals surface area contributed by atoms with E-state index in [-0.39, 0.29) is 12.6 Å². The standard InChI is InChI=1S/C18H17N3O3/c19-17(22)15-9-12-5-1-2-6-13(12)10-20(15)11-21-14-7-3-4-8-16(14)24-18(21)23/h1-8,15H,9-11H2,(H2,19,22). The molecule has 1 amide bonds. The minimum absolute atomic E-state index is 0.262. The van der Waals surface area contributed by atoms with Crippen molar-refractivity contribution in [3.8, 4) is 0 Å². The van der Waals surface area contributed by atoms with Gasteiger partial charge in [0.05, 0.1) is 18.2 Å². The van der Waals surface area contributed by atoms with Crippen LogP contribution >= 0.6 is 0 Å². The number of aromatic nitrogens is 1. The van der Waals surface area contributed by atoms with Crippen LogP contribution in [0.5, 0.6) is 0 Å². The first kappa shape index (κ1) is 14.7. The van der Waals surface area contributed by atoms with Gasteiger partial charge in [-0.3, -0.25) is 14.3 Å². The lowest BCUT2D eigenvalue weighted by Gasteiger charge is -2.34. The number of nitrogens with zero attached hydrogens (tertiary/aromatic N) is 2. The highest BCUT2D eigenvalue weighted by atomic mass is 16.4. The lowest BCUT2D eigenvalue weighted by Crippen LogP contribution is -2.49. The zero-order valence-electron chi connectivity index (χ0n) is 13.0. The summed E-state index contributed by atoms with van der Waals surface area (Å²) in [6.45, 7) is 0.827. The fourth-order valence-electron chi connectivity index (χ4n) is 3.34. The topological polar surface area (TPSA) is 81.5 Å². The van der Waals surface area contributed by atoms with Crippen LogP contribution in [0.1, 0.15) is 11.1 Å². The van der Waals surface area contributed by atoms with Crippen molar-refractivity contribution in [3.05, 3.63) is 70.2 Å². The molecule has 0 aliphatic carbocycles. The van der Waals surface area contributed by atoms with Gasteiger partial charge in [-0.1, -0.05) is 36.4 Å². The molecule has 0 saturated heterocycles. The van der Waals surface area contributed by atoms with Crippen molar-refractivity contribution in [2.24, 2.45) is 5.73 Å². The molecule has 2 N–H and O–H groups in total. The highest BCUT2D eigenvalue weighted by Crippen LogP contribution is 2.24. The Bertz CT molecular complexity index is 973. The summed E-state index contributed by atoms with van der Waals surface area (Å²) in [5.74, 6) is -0.816. The first-order valence-corrected chi connectivity index (χ1v) is 7.82. The number of carbonyl (C=O) groups excluding carboxylic acids is 1. The Kier molecular flexibility index (Phi) is 3.46. The van der Waals surface area contributed by atoms with Gasteiger partial charge >= 0.3 is 5.76 Å². The molecule has 6 heteroatoms. The van der Waals surface area contributed by atoms with E-state index in [1.807, 2.05) is 47.4 Å². The SMILES string of the molecule is NC(=O)C1Cc2ccccc2CN1Cn1c(=O)oc2ccccc21. The normalized spacial score (nSPS) is 17.8. The highest BCUT2D eigenvalue weighted by molar-refractivity contribution is 5.80. The minimum atomic E-state index is -0.444. The van der Waals surface area contributed by atoms with Crippen LogP contribution in [0.15, 0.2) is 57.7 Å². The molecule has 1 atom stereocenters. The number of fused-ring (bicyclic) bond motifs is 2. The number of primary amides is 1. The molecule has 122 valence electrons. The molecule has 1 aliphatic heterocycles. The summed E-state index contributed by atoms with van der Waals surface area (Å²) in [5.41, 5.74) is 9.13. The average Bonchev–Trinajstić information content (AvgIpc) is 2.90. The molecule has 0 bridgehead atoms. The average molecular weight is 323 g/mol. The second-order valence-electron chi connectivity index (χ2n) is 6.04. The number of carbonyl (C=O) groups is 1. The predicted molar refractivity (Wildman–Crippen MR) is 89.1 cm³/mol. The largest absolute Gasteiger partial charge is 0.421 e. The van der Waals surface area contributed by atoms with Gasteiger partial charge < -0.3 is 10.2 Å². The van der Waals surface area contributed by atoms with E-state index in [2.05, 4.69) is 0 Å². The maximum absolute atomic E-state index is 12.2. The highest BCUT2D eigenvalue weighted by Gasteiger charge is 2.30. The van der Waals surface area contributed by atoms with Gasteiger partial charge in [-0.15, -0.1) is 0 Å². The van der Waals surface area contributed by atoms with Crippen molar-refractivity contribution in [3.63, 3.8) is 0 Å². The number of hydrogen-bond acceptors (Lipinski definition) is 4. The Morgan fingerprint density at radius 3 is 2.62 bits per heavy atom. The van der Waals surface area contributed by atoms with E-state index >= 15 is 0 Å². The van der Waals surface area contributed by atoms with Gasteiger partial charge in [-0.2, -0.15) is 0 Å². The van der Waals surface area contributed by atoms with E-state index in [0.717, 1.165) is 11.1 Å². The number of oxazole rings is 1. The second kappa shape index (κ2) is 5.65. The summed E-state index contributed by atoms with van der Waals surface area (Å²) in [6.07, 6.45) is 0.552. The van der Waals surface area contributed by atoms with Crippen molar-refractivity contribution in [2.75, 3.05) is 0 Å². The summed E-state index contributed by atoms with van der Waals surface area (Å²) in [6, 6.07) is 14.8. The predicted octanol–water partition coefficient (Wildman–Crippen LogP) is 1.46. The first-order chi connectivity index (χ1) is 11.6. The van der Waals surface area contributed by atoms with Crippen molar-refractivity contribution >= 4 is 17.0 Å². The molecule has 1 aromatic heterocycles. The first-order valence-electron chi connectivity index (χ1n) is 7.82. The van der Waals surface area contributed by atoms with Crippen LogP contribution in [0.2, 0.25) is 0 Å². The molecule has 0 saturated carbocycles. The van der Waals surface area contributed by atoms with Crippen LogP contribution in [0.3, 0.4) is 0 Å². The van der Waals surface area contributed by atoms with E-state index in [4.69, 9.17) is 10.2 Å². The molecule has 0 radical (unpaired) electrons. The van der Waals surface area contributed by atoms with Crippen LogP contribution < -0.4 is 11.5 Å². The van der Waals surface area contributed by atoms with Gasteiger partial charge in [0.25, 0.3) is 0 Å². The third kappa shape index (κ3) is 2.41. The third-order valence-electron chi connectivity index (χ3n) is 4.57. The van der Waals surface area contributed by atoms with Crippen LogP contribution in [0.25, 0.3) is 11.1 Å². The lowest BCUT2D eigenvalue weighted by atomic mass is 9.94. The molecule has 0 fully saturated rings. The van der Waals surface area contributed by atoms with Gasteiger partial charge in [0.15, 0.2) is 5.58 Å². The Morgan fingerprint density at radius 1 is 1.12 bits per heavy atom. The maximum atomic E-state index is 12.2. The summed E-state index contributed by atoms with van der Waals surface area (Å²) in [4.78, 5) is 26.0. The zero-order chi connectivity index (χ0) is 16.7. The fraction of sp³-hybridized carbons (Fsp3) is 0.222. The Balaban J connectivity index is 1.73. The van der Waals surface area contributed by atoms with Gasteiger partial charge in [-0.25, -0.2) is 4.79 Å². The fourth-order valence-corrected chi connectivity index (χ4v) is 3.34. The summed E-state index contributed by atoms with van der Waals surface area (Å²) in [5, 5.41) is 0. The molecule has 0 spiro atoms. The molecule has 6 nitrogen and oxygen atoms in total. The monoisotopic (exact) mass is 323 g/mol. The van der Waals surface area contributed by atoms with E-state index < -0.39 is 11.8 Å². The van der Waals surface area contributed by atoms with E-state index in [1.54, 1.807) is 10.6 Å². The van der Waals surface area contributed by atoms with E-state index in [9.17, 15) is 9.59 Å². The number of hydrogen-bond donors (Lipinski definition) is 1. The quantitative estimate of drug-likeness (QED) is 0.791. The van der Waals surface area contributed by atoms with Crippen molar-refractivity contribution in [2.45, 2.75) is 25.7 Å². The molecule has 1 unspecified atom stereocenters. The molecular formula is C18H17N3O3. The zero-order valence-corrected chi connectivity index (χ0v) is 13.0. The van der Waals surface area contributed by atoms with Crippen LogP contribution in [0.4, 0.5) is 0 Å². The molecular weight excluding hydrogens is 306 g/mol. The summed E-state index contributed by atoms with van der Waals surface area (Å²) >= 11 is 0. The van der Waals surface area contributed by atoms with Gasteiger partial charge in [-0.05, 0) is 29.7 Å². The van der Waals surface area contributed by atoms with Crippen LogP contribution in [-0.2, 0) is 24.4 Å². The van der Waals surface area contributed by atoms with Crippen molar-refractivity contribution in [1.29, 1.82) is 0 Å². The third-order valence-corrected chi connectivity index (χ3v) is 4.57. The van der Waals surface area contributed by atoms with Gasteiger partial charge in [0, 0.05) is 6.54 Å². The second-order valence-corrected chi connectivity index (χ2v) is 6.04. The lowest BCUT2D eigenvalue weighted by molar-refractivity contribution is -0.124. The Morgan fingerprint density at radius 2 is 1.83 bits per heavy atom. The van der Waals surface area contributed by atoms with E-state index in [1.165, 1.54) is 0 Å². The Labute approximate surface area is 138 Å². The van der Waals surface area contributed by atoms with Crippen molar-refractivity contribution in [1.82, 2.24) is 9.47 Å². The van der Waals surface area contributed by atoms with Crippen LogP contribution in [0, 0.1) is 0 Å². The van der Waals surface area contributed by atoms with Crippen LogP contribution in [-0.4, -0.2) is 21.4 Å². The molecule has 4 rings (SSSR count). The van der Waals surface area contributed by atoms with E-state index in [0.29, 0.717) is 24.1 Å². The Hall–Kier alpha value is -2.86. The minimum Gasteiger partial charge on any atom is -0.408 e. The molecule has 2 aromatic carbocycles.